The highest BCUT2D eigenvalue weighted by atomic mass is 16.4. The number of hydrogen-bond donors (Lipinski definition) is 3. The highest BCUT2D eigenvalue weighted by Crippen LogP contribution is 2.36. The van der Waals surface area contributed by atoms with E-state index in [0.29, 0.717) is 45.4 Å². The van der Waals surface area contributed by atoms with E-state index in [4.69, 9.17) is 5.73 Å². The van der Waals surface area contributed by atoms with Gasteiger partial charge < -0.3 is 21.1 Å². The van der Waals surface area contributed by atoms with Gasteiger partial charge in [-0.2, -0.15) is 0 Å². The Morgan fingerprint density at radius 3 is 2.44 bits per heavy atom. The van der Waals surface area contributed by atoms with Crippen LogP contribution in [0.2, 0.25) is 0 Å². The quantitative estimate of drug-likeness (QED) is 0.673. The van der Waals surface area contributed by atoms with Gasteiger partial charge in [0.05, 0.1) is 5.41 Å². The molecule has 1 aliphatic heterocycles. The van der Waals surface area contributed by atoms with E-state index in [1.165, 1.54) is 0 Å². The highest BCUT2D eigenvalue weighted by Gasteiger charge is 2.41. The third-order valence-corrected chi connectivity index (χ3v) is 3.61. The fourth-order valence-electron chi connectivity index (χ4n) is 2.48. The Morgan fingerprint density at radius 1 is 1.39 bits per heavy atom. The molecular formula is C12H23N3O3. The number of carbonyl (C=O) groups excluding carboxylic acids is 1. The second-order valence-electron chi connectivity index (χ2n) is 4.84. The van der Waals surface area contributed by atoms with Gasteiger partial charge in [-0.25, -0.2) is 4.79 Å². The zero-order valence-electron chi connectivity index (χ0n) is 10.9. The Bertz CT molecular complexity index is 299. The smallest absolute Gasteiger partial charge is 0.317 e. The number of nitrogens with zero attached hydrogens (tertiary/aromatic N) is 1. The number of aliphatic carboxylic acids is 1. The van der Waals surface area contributed by atoms with Crippen LogP contribution in [0, 0.1) is 5.41 Å². The van der Waals surface area contributed by atoms with Crippen LogP contribution in [0.25, 0.3) is 0 Å². The topological polar surface area (TPSA) is 95.7 Å². The molecule has 1 rings (SSSR count). The SMILES string of the molecule is CCCC1(C(=O)O)CCN(C(=O)NCCN)CC1. The van der Waals surface area contributed by atoms with Crippen molar-refractivity contribution in [3.05, 3.63) is 0 Å². The van der Waals surface area contributed by atoms with E-state index in [9.17, 15) is 14.7 Å². The number of urea groups is 1. The second-order valence-corrected chi connectivity index (χ2v) is 4.84. The minimum atomic E-state index is -0.730. The molecular weight excluding hydrogens is 234 g/mol. The first-order chi connectivity index (χ1) is 8.55. The molecule has 6 heteroatoms. The van der Waals surface area contributed by atoms with Crippen LogP contribution < -0.4 is 11.1 Å². The fraction of sp³-hybridized carbons (Fsp3) is 0.833. The minimum absolute atomic E-state index is 0.143. The van der Waals surface area contributed by atoms with Gasteiger partial charge in [-0.05, 0) is 19.3 Å². The van der Waals surface area contributed by atoms with Gasteiger partial charge in [0.25, 0.3) is 0 Å². The van der Waals surface area contributed by atoms with Crippen molar-refractivity contribution < 1.29 is 14.7 Å². The molecule has 0 aliphatic carbocycles. The average molecular weight is 257 g/mol. The van der Waals surface area contributed by atoms with E-state index in [1.807, 2.05) is 6.92 Å². The molecule has 0 spiro atoms. The van der Waals surface area contributed by atoms with Crippen LogP contribution in [0.15, 0.2) is 0 Å². The molecule has 0 aromatic heterocycles. The van der Waals surface area contributed by atoms with Crippen molar-refractivity contribution in [1.82, 2.24) is 10.2 Å². The molecule has 1 heterocycles. The molecule has 0 saturated carbocycles. The number of likely N-dealkylation sites (tertiary alicyclic amines) is 1. The predicted octanol–water partition coefficient (Wildman–Crippen LogP) is 0.622. The van der Waals surface area contributed by atoms with Gasteiger partial charge in [-0.1, -0.05) is 13.3 Å². The summed E-state index contributed by atoms with van der Waals surface area (Å²) in [5.74, 6) is -0.730. The van der Waals surface area contributed by atoms with Gasteiger partial charge in [-0.15, -0.1) is 0 Å². The van der Waals surface area contributed by atoms with Crippen molar-refractivity contribution in [2.45, 2.75) is 32.6 Å². The number of rotatable bonds is 5. The fourth-order valence-corrected chi connectivity index (χ4v) is 2.48. The van der Waals surface area contributed by atoms with Gasteiger partial charge in [0, 0.05) is 26.2 Å². The van der Waals surface area contributed by atoms with Gasteiger partial charge >= 0.3 is 12.0 Å². The number of nitrogens with two attached hydrogens (primary N) is 1. The summed E-state index contributed by atoms with van der Waals surface area (Å²) in [6, 6.07) is -0.143. The van der Waals surface area contributed by atoms with Gasteiger partial charge in [0.1, 0.15) is 0 Å². The Hall–Kier alpha value is -1.30. The van der Waals surface area contributed by atoms with Crippen LogP contribution in [-0.4, -0.2) is 48.2 Å². The molecule has 0 radical (unpaired) electrons. The van der Waals surface area contributed by atoms with Gasteiger partial charge in [0.2, 0.25) is 0 Å². The summed E-state index contributed by atoms with van der Waals surface area (Å²) in [4.78, 5) is 24.8. The molecule has 1 fully saturated rings. The number of carboxylic acid groups (broad SMARTS) is 1. The van der Waals surface area contributed by atoms with Crippen LogP contribution in [0.5, 0.6) is 0 Å². The van der Waals surface area contributed by atoms with E-state index in [2.05, 4.69) is 5.32 Å². The lowest BCUT2D eigenvalue weighted by atomic mass is 9.75. The lowest BCUT2D eigenvalue weighted by Gasteiger charge is -2.38. The van der Waals surface area contributed by atoms with Crippen molar-refractivity contribution in [1.29, 1.82) is 0 Å². The van der Waals surface area contributed by atoms with Crippen molar-refractivity contribution in [2.24, 2.45) is 11.1 Å². The summed E-state index contributed by atoms with van der Waals surface area (Å²) >= 11 is 0. The number of nitrogens with one attached hydrogen (secondary N) is 1. The zero-order chi connectivity index (χ0) is 13.6. The molecule has 0 aromatic carbocycles. The molecule has 4 N–H and O–H groups in total. The van der Waals surface area contributed by atoms with Crippen LogP contribution >= 0.6 is 0 Å². The third-order valence-electron chi connectivity index (χ3n) is 3.61. The number of hydrogen-bond acceptors (Lipinski definition) is 3. The Balaban J connectivity index is 2.52. The summed E-state index contributed by atoms with van der Waals surface area (Å²) in [6.07, 6.45) is 2.60. The Labute approximate surface area is 108 Å². The van der Waals surface area contributed by atoms with E-state index in [0.717, 1.165) is 6.42 Å². The number of amides is 2. The maximum absolute atomic E-state index is 11.7. The summed E-state index contributed by atoms with van der Waals surface area (Å²) in [5.41, 5.74) is 4.68. The molecule has 0 atom stereocenters. The average Bonchev–Trinajstić information content (AvgIpc) is 2.37. The maximum atomic E-state index is 11.7. The van der Waals surface area contributed by atoms with Gasteiger partial charge in [0.15, 0.2) is 0 Å². The number of piperidine rings is 1. The van der Waals surface area contributed by atoms with E-state index in [-0.39, 0.29) is 6.03 Å². The van der Waals surface area contributed by atoms with Crippen molar-refractivity contribution in [3.8, 4) is 0 Å². The van der Waals surface area contributed by atoms with E-state index in [1.54, 1.807) is 4.90 Å². The summed E-state index contributed by atoms with van der Waals surface area (Å²) in [6.45, 7) is 3.86. The van der Waals surface area contributed by atoms with Crippen molar-refractivity contribution in [3.63, 3.8) is 0 Å². The van der Waals surface area contributed by atoms with Crippen LogP contribution in [0.3, 0.4) is 0 Å². The molecule has 0 bridgehead atoms. The van der Waals surface area contributed by atoms with Crippen LogP contribution in [0.4, 0.5) is 4.79 Å². The molecule has 18 heavy (non-hydrogen) atoms. The largest absolute Gasteiger partial charge is 0.481 e. The van der Waals surface area contributed by atoms with Crippen LogP contribution in [0.1, 0.15) is 32.6 Å². The lowest BCUT2D eigenvalue weighted by Crippen LogP contribution is -2.50. The minimum Gasteiger partial charge on any atom is -0.481 e. The standard InChI is InChI=1S/C12H23N3O3/c1-2-3-12(10(16)17)4-8-15(9-5-12)11(18)14-7-6-13/h2-9,13H2,1H3,(H,14,18)(H,16,17). The third kappa shape index (κ3) is 3.35. The number of carbonyl (C=O) groups is 2. The summed E-state index contributed by atoms with van der Waals surface area (Å²) in [7, 11) is 0. The van der Waals surface area contributed by atoms with Crippen molar-refractivity contribution in [2.75, 3.05) is 26.2 Å². The maximum Gasteiger partial charge on any atom is 0.317 e. The van der Waals surface area contributed by atoms with E-state index < -0.39 is 11.4 Å². The highest BCUT2D eigenvalue weighted by molar-refractivity contribution is 5.77. The Morgan fingerprint density at radius 2 is 2.00 bits per heavy atom. The molecule has 6 nitrogen and oxygen atoms in total. The van der Waals surface area contributed by atoms with Crippen molar-refractivity contribution >= 4 is 12.0 Å². The first kappa shape index (κ1) is 14.8. The van der Waals surface area contributed by atoms with E-state index >= 15 is 0 Å². The van der Waals surface area contributed by atoms with Crippen LogP contribution in [-0.2, 0) is 4.79 Å². The molecule has 1 saturated heterocycles. The molecule has 1 aliphatic rings. The zero-order valence-corrected chi connectivity index (χ0v) is 10.9. The molecule has 104 valence electrons. The monoisotopic (exact) mass is 257 g/mol. The normalized spacial score (nSPS) is 18.4. The second kappa shape index (κ2) is 6.58. The molecule has 0 aromatic rings. The predicted molar refractivity (Wildman–Crippen MR) is 68.2 cm³/mol. The summed E-state index contributed by atoms with van der Waals surface area (Å²) in [5, 5.41) is 12.1. The lowest BCUT2D eigenvalue weighted by molar-refractivity contribution is -0.152. The van der Waals surface area contributed by atoms with Gasteiger partial charge in [-0.3, -0.25) is 4.79 Å². The summed E-state index contributed by atoms with van der Waals surface area (Å²) < 4.78 is 0. The Kier molecular flexibility index (Phi) is 5.40. The first-order valence-electron chi connectivity index (χ1n) is 6.52. The molecule has 2 amide bonds. The first-order valence-corrected chi connectivity index (χ1v) is 6.52. The molecule has 0 unspecified atom stereocenters. The number of carboxylic acids is 1.